The van der Waals surface area contributed by atoms with Crippen molar-refractivity contribution in [1.29, 1.82) is 0 Å². The molecule has 0 saturated heterocycles. The van der Waals surface area contributed by atoms with Crippen LogP contribution < -0.4 is 4.74 Å². The van der Waals surface area contributed by atoms with Crippen molar-refractivity contribution in [1.82, 2.24) is 0 Å². The second-order valence-corrected chi connectivity index (χ2v) is 5.09. The first-order chi connectivity index (χ1) is 9.62. The minimum absolute atomic E-state index is 0.0342. The van der Waals surface area contributed by atoms with Gasteiger partial charge in [0.25, 0.3) is 6.43 Å². The Kier molecular flexibility index (Phi) is 4.88. The van der Waals surface area contributed by atoms with E-state index in [0.717, 1.165) is 6.07 Å². The van der Waals surface area contributed by atoms with Gasteiger partial charge in [0.05, 0.1) is 7.11 Å². The molecule has 0 radical (unpaired) electrons. The highest BCUT2D eigenvalue weighted by molar-refractivity contribution is 5.95. The molecule has 0 unspecified atom stereocenters. The zero-order chi connectivity index (χ0) is 16.4. The minimum atomic E-state index is -2.88. The molecule has 0 spiro atoms. The highest BCUT2D eigenvalue weighted by atomic mass is 19.3. The molecule has 0 fully saturated rings. The Morgan fingerprint density at radius 2 is 1.71 bits per heavy atom. The van der Waals surface area contributed by atoms with E-state index < -0.39 is 35.3 Å². The summed E-state index contributed by atoms with van der Waals surface area (Å²) in [5.74, 6) is -4.82. The number of alkyl halides is 2. The Hall–Kier alpha value is -2.18. The van der Waals surface area contributed by atoms with Crippen LogP contribution in [0.25, 0.3) is 0 Å². The van der Waals surface area contributed by atoms with Crippen LogP contribution >= 0.6 is 0 Å². The van der Waals surface area contributed by atoms with E-state index in [2.05, 4.69) is 0 Å². The number of hydrogen-bond donors (Lipinski definition) is 2. The van der Waals surface area contributed by atoms with Gasteiger partial charge >= 0.3 is 11.9 Å². The molecule has 7 heteroatoms. The second kappa shape index (κ2) is 6.07. The molecule has 0 amide bonds. The summed E-state index contributed by atoms with van der Waals surface area (Å²) in [5.41, 5.74) is -1.99. The number of carboxylic acid groups (broad SMARTS) is 2. The predicted octanol–water partition coefficient (Wildman–Crippen LogP) is 2.70. The van der Waals surface area contributed by atoms with Crippen LogP contribution in [0.4, 0.5) is 8.78 Å². The van der Waals surface area contributed by atoms with E-state index in [-0.39, 0.29) is 11.3 Å². The van der Waals surface area contributed by atoms with Crippen LogP contribution in [0.1, 0.15) is 31.4 Å². The summed E-state index contributed by atoms with van der Waals surface area (Å²) < 4.78 is 31.2. The number of methoxy groups -OCH3 is 1. The van der Waals surface area contributed by atoms with E-state index in [9.17, 15) is 18.4 Å². The van der Waals surface area contributed by atoms with Gasteiger partial charge in [-0.05, 0) is 17.7 Å². The van der Waals surface area contributed by atoms with Crippen molar-refractivity contribution in [3.63, 3.8) is 0 Å². The van der Waals surface area contributed by atoms with Crippen LogP contribution in [0.2, 0.25) is 0 Å². The molecule has 1 aromatic carbocycles. The molecular weight excluding hydrogens is 286 g/mol. The SMILES string of the molecule is COc1ccc(C(C)(C)C(C(=O)O)C(=O)O)c(C(F)F)c1. The van der Waals surface area contributed by atoms with E-state index >= 15 is 0 Å². The van der Waals surface area contributed by atoms with Crippen molar-refractivity contribution < 1.29 is 33.3 Å². The van der Waals surface area contributed by atoms with E-state index in [4.69, 9.17) is 14.9 Å². The summed E-state index contributed by atoms with van der Waals surface area (Å²) in [6.45, 7) is 2.63. The average Bonchev–Trinajstić information content (AvgIpc) is 2.36. The van der Waals surface area contributed by atoms with E-state index in [1.165, 1.54) is 33.1 Å². The highest BCUT2D eigenvalue weighted by Crippen LogP contribution is 2.39. The maximum atomic E-state index is 13.2. The monoisotopic (exact) mass is 302 g/mol. The quantitative estimate of drug-likeness (QED) is 0.789. The van der Waals surface area contributed by atoms with Gasteiger partial charge < -0.3 is 14.9 Å². The van der Waals surface area contributed by atoms with Crippen molar-refractivity contribution in [3.8, 4) is 5.75 Å². The van der Waals surface area contributed by atoms with Crippen LogP contribution in [-0.4, -0.2) is 29.3 Å². The van der Waals surface area contributed by atoms with E-state index in [1.807, 2.05) is 0 Å². The Balaban J connectivity index is 3.49. The topological polar surface area (TPSA) is 83.8 Å². The van der Waals surface area contributed by atoms with Gasteiger partial charge in [-0.1, -0.05) is 19.9 Å². The first kappa shape index (κ1) is 16.9. The third-order valence-electron chi connectivity index (χ3n) is 3.40. The first-order valence-corrected chi connectivity index (χ1v) is 6.05. The molecule has 5 nitrogen and oxygen atoms in total. The standard InChI is InChI=1S/C14H16F2O5/c1-14(2,10(12(17)18)13(19)20)9-5-4-7(21-3)6-8(9)11(15)16/h4-6,10-11H,1-3H3,(H,17,18)(H,19,20). The van der Waals surface area contributed by atoms with Crippen molar-refractivity contribution in [2.45, 2.75) is 25.7 Å². The number of ether oxygens (including phenoxy) is 1. The van der Waals surface area contributed by atoms with Gasteiger partial charge in [0.15, 0.2) is 5.92 Å². The van der Waals surface area contributed by atoms with Crippen LogP contribution in [0.15, 0.2) is 18.2 Å². The number of rotatable bonds is 6. The van der Waals surface area contributed by atoms with Crippen LogP contribution in [0, 0.1) is 5.92 Å². The molecule has 116 valence electrons. The Morgan fingerprint density at radius 1 is 1.19 bits per heavy atom. The zero-order valence-corrected chi connectivity index (χ0v) is 11.8. The third-order valence-corrected chi connectivity index (χ3v) is 3.40. The molecular formula is C14H16F2O5. The lowest BCUT2D eigenvalue weighted by Crippen LogP contribution is -2.41. The summed E-state index contributed by atoms with van der Waals surface area (Å²) in [7, 11) is 1.31. The van der Waals surface area contributed by atoms with Gasteiger partial charge in [-0.25, -0.2) is 8.78 Å². The Morgan fingerprint density at radius 3 is 2.10 bits per heavy atom. The molecule has 0 aromatic heterocycles. The normalized spacial score (nSPS) is 11.8. The maximum absolute atomic E-state index is 13.2. The summed E-state index contributed by atoms with van der Waals surface area (Å²) in [5, 5.41) is 18.2. The van der Waals surface area contributed by atoms with Gasteiger partial charge in [-0.15, -0.1) is 0 Å². The van der Waals surface area contributed by atoms with E-state index in [0.29, 0.717) is 0 Å². The van der Waals surface area contributed by atoms with Gasteiger partial charge in [0.1, 0.15) is 5.75 Å². The van der Waals surface area contributed by atoms with Gasteiger partial charge in [0.2, 0.25) is 0 Å². The molecule has 0 aliphatic rings. The zero-order valence-electron chi connectivity index (χ0n) is 11.8. The Bertz CT molecular complexity index is 540. The van der Waals surface area contributed by atoms with Gasteiger partial charge in [-0.2, -0.15) is 0 Å². The molecule has 0 atom stereocenters. The fourth-order valence-corrected chi connectivity index (χ4v) is 2.31. The fourth-order valence-electron chi connectivity index (χ4n) is 2.31. The Labute approximate surface area is 120 Å². The molecule has 2 N–H and O–H groups in total. The molecule has 0 saturated carbocycles. The highest BCUT2D eigenvalue weighted by Gasteiger charge is 2.44. The molecule has 1 rings (SSSR count). The lowest BCUT2D eigenvalue weighted by atomic mass is 9.71. The van der Waals surface area contributed by atoms with Crippen molar-refractivity contribution in [2.24, 2.45) is 5.92 Å². The van der Waals surface area contributed by atoms with Gasteiger partial charge in [0, 0.05) is 11.0 Å². The number of aliphatic carboxylic acids is 2. The lowest BCUT2D eigenvalue weighted by molar-refractivity contribution is -0.157. The average molecular weight is 302 g/mol. The molecule has 0 heterocycles. The lowest BCUT2D eigenvalue weighted by Gasteiger charge is -2.31. The number of benzene rings is 1. The van der Waals surface area contributed by atoms with Crippen molar-refractivity contribution in [2.75, 3.05) is 7.11 Å². The summed E-state index contributed by atoms with van der Waals surface area (Å²) in [4.78, 5) is 22.3. The largest absolute Gasteiger partial charge is 0.497 e. The third kappa shape index (κ3) is 3.29. The molecule has 21 heavy (non-hydrogen) atoms. The smallest absolute Gasteiger partial charge is 0.318 e. The molecule has 0 aliphatic heterocycles. The maximum Gasteiger partial charge on any atom is 0.318 e. The van der Waals surface area contributed by atoms with Crippen LogP contribution in [0.3, 0.4) is 0 Å². The summed E-state index contributed by atoms with van der Waals surface area (Å²) >= 11 is 0. The van der Waals surface area contributed by atoms with Crippen molar-refractivity contribution >= 4 is 11.9 Å². The van der Waals surface area contributed by atoms with Crippen LogP contribution in [-0.2, 0) is 15.0 Å². The molecule has 0 aliphatic carbocycles. The van der Waals surface area contributed by atoms with Gasteiger partial charge in [-0.3, -0.25) is 9.59 Å². The molecule has 1 aromatic rings. The minimum Gasteiger partial charge on any atom is -0.497 e. The summed E-state index contributed by atoms with van der Waals surface area (Å²) in [6, 6.07) is 3.76. The number of halogens is 2. The number of hydrogen-bond acceptors (Lipinski definition) is 3. The summed E-state index contributed by atoms with van der Waals surface area (Å²) in [6.07, 6.45) is -2.88. The second-order valence-electron chi connectivity index (χ2n) is 5.09. The number of carbonyl (C=O) groups is 2. The fraction of sp³-hybridized carbons (Fsp3) is 0.429. The molecule has 0 bridgehead atoms. The predicted molar refractivity (Wildman–Crippen MR) is 69.7 cm³/mol. The first-order valence-electron chi connectivity index (χ1n) is 6.05. The van der Waals surface area contributed by atoms with E-state index in [1.54, 1.807) is 0 Å². The number of carboxylic acids is 2. The van der Waals surface area contributed by atoms with Crippen molar-refractivity contribution in [3.05, 3.63) is 29.3 Å². The van der Waals surface area contributed by atoms with Crippen LogP contribution in [0.5, 0.6) is 5.75 Å².